The van der Waals surface area contributed by atoms with Gasteiger partial charge in [0.2, 0.25) is 0 Å². The molecule has 0 bridgehead atoms. The van der Waals surface area contributed by atoms with Crippen molar-refractivity contribution < 1.29 is 14.3 Å². The Balaban J connectivity index is 1.70. The molecule has 0 aliphatic heterocycles. The molecule has 0 aliphatic carbocycles. The Morgan fingerprint density at radius 3 is 2.72 bits per heavy atom. The van der Waals surface area contributed by atoms with E-state index < -0.39 is 6.10 Å². The van der Waals surface area contributed by atoms with E-state index in [2.05, 4.69) is 10.4 Å². The minimum absolute atomic E-state index is 0.122. The molecule has 0 saturated heterocycles. The van der Waals surface area contributed by atoms with Gasteiger partial charge in [-0.1, -0.05) is 0 Å². The number of amides is 1. The van der Waals surface area contributed by atoms with Crippen LogP contribution < -0.4 is 5.32 Å². The molecule has 2 heterocycles. The molecule has 2 N–H and O–H groups in total. The van der Waals surface area contributed by atoms with Gasteiger partial charge in [0.15, 0.2) is 0 Å². The monoisotopic (exact) mass is 359 g/mol. The number of benzene rings is 1. The lowest BCUT2D eigenvalue weighted by molar-refractivity contribution is 0.0908. The fraction of sp³-hybridized carbons (Fsp3) is 0.222. The van der Waals surface area contributed by atoms with Crippen molar-refractivity contribution in [3.05, 3.63) is 63.7 Å². The van der Waals surface area contributed by atoms with E-state index >= 15 is 0 Å². The van der Waals surface area contributed by atoms with Gasteiger partial charge in [0, 0.05) is 24.0 Å². The van der Waals surface area contributed by atoms with Gasteiger partial charge in [-0.05, 0) is 54.3 Å². The summed E-state index contributed by atoms with van der Waals surface area (Å²) in [5.74, 6) is -0.646. The smallest absolute Gasteiger partial charge is 0.269 e. The second-order valence-electron chi connectivity index (χ2n) is 5.74. The van der Waals surface area contributed by atoms with Crippen molar-refractivity contribution in [2.24, 2.45) is 7.05 Å². The van der Waals surface area contributed by atoms with Crippen molar-refractivity contribution in [1.82, 2.24) is 15.1 Å². The largest absolute Gasteiger partial charge is 0.386 e. The maximum absolute atomic E-state index is 13.0. The first-order valence-corrected chi connectivity index (χ1v) is 8.64. The number of hydrogen-bond acceptors (Lipinski definition) is 4. The van der Waals surface area contributed by atoms with E-state index in [1.54, 1.807) is 25.2 Å². The summed E-state index contributed by atoms with van der Waals surface area (Å²) in [5, 5.41) is 19.1. The average molecular weight is 359 g/mol. The van der Waals surface area contributed by atoms with Crippen LogP contribution in [0.4, 0.5) is 4.39 Å². The van der Waals surface area contributed by atoms with Crippen molar-refractivity contribution in [3.8, 4) is 11.3 Å². The van der Waals surface area contributed by atoms with E-state index in [9.17, 15) is 14.3 Å². The van der Waals surface area contributed by atoms with Crippen LogP contribution in [-0.2, 0) is 7.05 Å². The fourth-order valence-corrected chi connectivity index (χ4v) is 3.45. The van der Waals surface area contributed by atoms with Gasteiger partial charge in [-0.25, -0.2) is 4.39 Å². The fourth-order valence-electron chi connectivity index (χ4n) is 2.54. The van der Waals surface area contributed by atoms with Crippen molar-refractivity contribution >= 4 is 17.2 Å². The van der Waals surface area contributed by atoms with E-state index in [0.717, 1.165) is 16.0 Å². The molecule has 0 radical (unpaired) electrons. The molecule has 0 fully saturated rings. The lowest BCUT2D eigenvalue weighted by Gasteiger charge is -2.11. The Labute approximate surface area is 148 Å². The van der Waals surface area contributed by atoms with Crippen LogP contribution in [0, 0.1) is 12.7 Å². The minimum Gasteiger partial charge on any atom is -0.386 e. The first-order chi connectivity index (χ1) is 12.0. The maximum Gasteiger partial charge on any atom is 0.269 e. The van der Waals surface area contributed by atoms with Gasteiger partial charge in [0.25, 0.3) is 5.91 Å². The molecule has 1 atom stereocenters. The van der Waals surface area contributed by atoms with Gasteiger partial charge in [-0.2, -0.15) is 5.10 Å². The number of nitrogens with zero attached hydrogens (tertiary/aromatic N) is 2. The Hall–Kier alpha value is -2.51. The van der Waals surface area contributed by atoms with Gasteiger partial charge in [-0.3, -0.25) is 9.48 Å². The highest BCUT2D eigenvalue weighted by atomic mass is 32.1. The summed E-state index contributed by atoms with van der Waals surface area (Å²) in [4.78, 5) is 13.2. The highest BCUT2D eigenvalue weighted by Crippen LogP contribution is 2.23. The molecule has 3 rings (SSSR count). The highest BCUT2D eigenvalue weighted by Gasteiger charge is 2.17. The molecule has 25 heavy (non-hydrogen) atoms. The van der Waals surface area contributed by atoms with Gasteiger partial charge >= 0.3 is 0 Å². The second-order valence-corrected chi connectivity index (χ2v) is 6.69. The normalized spacial score (nSPS) is 12.2. The van der Waals surface area contributed by atoms with E-state index in [0.29, 0.717) is 11.4 Å². The molecule has 7 heteroatoms. The SMILES string of the molecule is Cc1ccsc1[C@@H](O)CNC(=O)c1cc(-c2ccc(F)cc2)nn1C. The topological polar surface area (TPSA) is 67.2 Å². The first-order valence-electron chi connectivity index (χ1n) is 7.76. The Morgan fingerprint density at radius 1 is 1.36 bits per heavy atom. The number of nitrogens with one attached hydrogen (secondary N) is 1. The van der Waals surface area contributed by atoms with Crippen molar-refractivity contribution in [1.29, 1.82) is 0 Å². The third-order valence-electron chi connectivity index (χ3n) is 3.91. The summed E-state index contributed by atoms with van der Waals surface area (Å²) in [6, 6.07) is 9.50. The minimum atomic E-state index is -0.742. The number of carbonyl (C=O) groups excluding carboxylic acids is 1. The molecule has 0 saturated carbocycles. The van der Waals surface area contributed by atoms with Crippen LogP contribution in [0.2, 0.25) is 0 Å². The zero-order valence-electron chi connectivity index (χ0n) is 13.9. The van der Waals surface area contributed by atoms with Crippen LogP contribution in [-0.4, -0.2) is 27.3 Å². The maximum atomic E-state index is 13.0. The summed E-state index contributed by atoms with van der Waals surface area (Å²) in [7, 11) is 1.67. The molecule has 1 amide bonds. The van der Waals surface area contributed by atoms with Crippen molar-refractivity contribution in [3.63, 3.8) is 0 Å². The van der Waals surface area contributed by atoms with Crippen LogP contribution in [0.15, 0.2) is 41.8 Å². The third kappa shape index (κ3) is 3.78. The molecule has 3 aromatic rings. The number of carbonyl (C=O) groups is 1. The molecule has 1 aromatic carbocycles. The first kappa shape index (κ1) is 17.3. The standard InChI is InChI=1S/C18H18FN3O2S/c1-11-7-8-25-17(11)16(23)10-20-18(24)15-9-14(21-22(15)2)12-3-5-13(19)6-4-12/h3-9,16,23H,10H2,1-2H3,(H,20,24)/t16-/m0/s1. The number of halogens is 1. The van der Waals surface area contributed by atoms with E-state index in [-0.39, 0.29) is 18.3 Å². The Bertz CT molecular complexity index is 886. The molecule has 0 spiro atoms. The summed E-state index contributed by atoms with van der Waals surface area (Å²) in [6.07, 6.45) is -0.742. The van der Waals surface area contributed by atoms with E-state index in [1.807, 2.05) is 18.4 Å². The number of aliphatic hydroxyl groups is 1. The number of aliphatic hydroxyl groups excluding tert-OH is 1. The molecule has 2 aromatic heterocycles. The summed E-state index contributed by atoms with van der Waals surface area (Å²) >= 11 is 1.46. The predicted molar refractivity (Wildman–Crippen MR) is 95.0 cm³/mol. The van der Waals surface area contributed by atoms with Crippen LogP contribution in [0.1, 0.15) is 27.0 Å². The Morgan fingerprint density at radius 2 is 2.08 bits per heavy atom. The van der Waals surface area contributed by atoms with Crippen LogP contribution in [0.5, 0.6) is 0 Å². The number of hydrogen-bond donors (Lipinski definition) is 2. The molecular formula is C18H18FN3O2S. The zero-order valence-corrected chi connectivity index (χ0v) is 14.7. The quantitative estimate of drug-likeness (QED) is 0.736. The van der Waals surface area contributed by atoms with Crippen molar-refractivity contribution in [2.75, 3.05) is 6.54 Å². The van der Waals surface area contributed by atoms with Crippen molar-refractivity contribution in [2.45, 2.75) is 13.0 Å². The van der Waals surface area contributed by atoms with Gasteiger partial charge in [0.05, 0.1) is 5.69 Å². The Kier molecular flexibility index (Phi) is 4.96. The molecule has 0 aliphatic rings. The van der Waals surface area contributed by atoms with Gasteiger partial charge in [0.1, 0.15) is 17.6 Å². The van der Waals surface area contributed by atoms with Crippen LogP contribution in [0.3, 0.4) is 0 Å². The van der Waals surface area contributed by atoms with E-state index in [1.165, 1.54) is 28.2 Å². The average Bonchev–Trinajstić information content (AvgIpc) is 3.19. The molecular weight excluding hydrogens is 341 g/mol. The number of thiophene rings is 1. The van der Waals surface area contributed by atoms with Gasteiger partial charge < -0.3 is 10.4 Å². The van der Waals surface area contributed by atoms with Crippen LogP contribution >= 0.6 is 11.3 Å². The summed E-state index contributed by atoms with van der Waals surface area (Å²) < 4.78 is 14.5. The molecule has 130 valence electrons. The number of rotatable bonds is 5. The lowest BCUT2D eigenvalue weighted by atomic mass is 10.1. The molecule has 5 nitrogen and oxygen atoms in total. The number of aromatic nitrogens is 2. The second kappa shape index (κ2) is 7.16. The van der Waals surface area contributed by atoms with E-state index in [4.69, 9.17) is 0 Å². The summed E-state index contributed by atoms with van der Waals surface area (Å²) in [5.41, 5.74) is 2.69. The summed E-state index contributed by atoms with van der Waals surface area (Å²) in [6.45, 7) is 2.05. The van der Waals surface area contributed by atoms with Crippen LogP contribution in [0.25, 0.3) is 11.3 Å². The lowest BCUT2D eigenvalue weighted by Crippen LogP contribution is -2.29. The zero-order chi connectivity index (χ0) is 18.0. The molecule has 0 unspecified atom stereocenters. The number of aryl methyl sites for hydroxylation is 2. The third-order valence-corrected chi connectivity index (χ3v) is 5.03. The van der Waals surface area contributed by atoms with Gasteiger partial charge in [-0.15, -0.1) is 11.3 Å². The predicted octanol–water partition coefficient (Wildman–Crippen LogP) is 3.06. The highest BCUT2D eigenvalue weighted by molar-refractivity contribution is 7.10.